The van der Waals surface area contributed by atoms with Crippen molar-refractivity contribution in [1.29, 1.82) is 0 Å². The smallest absolute Gasteiger partial charge is 0.307 e. The van der Waals surface area contributed by atoms with Crippen LogP contribution in [0, 0.1) is 13.8 Å². The van der Waals surface area contributed by atoms with Crippen LogP contribution in [0.15, 0.2) is 67.0 Å². The van der Waals surface area contributed by atoms with E-state index < -0.39 is 5.97 Å². The Morgan fingerprint density at radius 3 is 2.55 bits per heavy atom. The molecule has 1 N–H and O–H groups in total. The molecule has 0 aliphatic rings. The van der Waals surface area contributed by atoms with Gasteiger partial charge < -0.3 is 5.11 Å². The van der Waals surface area contributed by atoms with Crippen LogP contribution in [0.4, 0.5) is 0 Å². The number of aryl methyl sites for hydroxylation is 3. The molecule has 6 rings (SSSR count). The number of thiazole rings is 1. The first kappa shape index (κ1) is 24.3. The summed E-state index contributed by atoms with van der Waals surface area (Å²) in [5.74, 6) is -0.868. The van der Waals surface area contributed by atoms with E-state index in [1.165, 1.54) is 0 Å². The lowest BCUT2D eigenvalue weighted by molar-refractivity contribution is -0.136. The van der Waals surface area contributed by atoms with E-state index >= 15 is 0 Å². The number of nitrogens with zero attached hydrogens (tertiary/aromatic N) is 4. The summed E-state index contributed by atoms with van der Waals surface area (Å²) in [5.41, 5.74) is 9.43. The second kappa shape index (κ2) is 9.35. The molecule has 8 heteroatoms. The molecule has 0 radical (unpaired) electrons. The van der Waals surface area contributed by atoms with Crippen molar-refractivity contribution >= 4 is 50.0 Å². The minimum Gasteiger partial charge on any atom is -0.481 e. The number of aliphatic carboxylic acids is 1. The summed E-state index contributed by atoms with van der Waals surface area (Å²) in [6.45, 7) is 4.03. The second-order valence-electron chi connectivity index (χ2n) is 9.42. The number of aromatic nitrogens is 4. The van der Waals surface area contributed by atoms with E-state index in [0.29, 0.717) is 5.02 Å². The Labute approximate surface area is 228 Å². The molecule has 0 unspecified atom stereocenters. The Morgan fingerprint density at radius 2 is 1.79 bits per heavy atom. The molecule has 0 aliphatic carbocycles. The van der Waals surface area contributed by atoms with Gasteiger partial charge in [-0.05, 0) is 78.6 Å². The van der Waals surface area contributed by atoms with Crippen molar-refractivity contribution in [2.75, 3.05) is 0 Å². The van der Waals surface area contributed by atoms with E-state index in [4.69, 9.17) is 16.6 Å². The average molecular weight is 539 g/mol. The molecule has 0 saturated carbocycles. The number of benzene rings is 3. The largest absolute Gasteiger partial charge is 0.481 e. The van der Waals surface area contributed by atoms with Gasteiger partial charge in [0.05, 0.1) is 34.0 Å². The Hall–Kier alpha value is -4.07. The van der Waals surface area contributed by atoms with Crippen LogP contribution in [0.1, 0.15) is 16.7 Å². The Kier molecular flexibility index (Phi) is 5.97. The zero-order chi connectivity index (χ0) is 26.6. The van der Waals surface area contributed by atoms with Crippen LogP contribution in [0.5, 0.6) is 0 Å². The lowest BCUT2D eigenvalue weighted by atomic mass is 9.93. The highest BCUT2D eigenvalue weighted by Crippen LogP contribution is 2.41. The van der Waals surface area contributed by atoms with Gasteiger partial charge in [-0.15, -0.1) is 11.3 Å². The number of carboxylic acid groups (broad SMARTS) is 1. The first-order valence-electron chi connectivity index (χ1n) is 12.1. The number of fused-ring (bicyclic) bond motifs is 2. The van der Waals surface area contributed by atoms with E-state index in [1.54, 1.807) is 17.5 Å². The van der Waals surface area contributed by atoms with E-state index in [2.05, 4.69) is 35.2 Å². The van der Waals surface area contributed by atoms with Crippen LogP contribution in [-0.4, -0.2) is 30.8 Å². The molecule has 6 aromatic rings. The van der Waals surface area contributed by atoms with Crippen LogP contribution < -0.4 is 0 Å². The maximum atomic E-state index is 11.8. The molecule has 0 aliphatic heterocycles. The summed E-state index contributed by atoms with van der Waals surface area (Å²) in [5, 5.41) is 16.6. The Balaban J connectivity index is 1.51. The average Bonchev–Trinajstić information content (AvgIpc) is 3.48. The first-order valence-corrected chi connectivity index (χ1v) is 13.3. The van der Waals surface area contributed by atoms with Crippen molar-refractivity contribution in [3.63, 3.8) is 0 Å². The summed E-state index contributed by atoms with van der Waals surface area (Å²) >= 11 is 7.71. The summed E-state index contributed by atoms with van der Waals surface area (Å²) < 4.78 is 2.84. The van der Waals surface area contributed by atoms with Gasteiger partial charge in [-0.3, -0.25) is 14.5 Å². The molecule has 0 saturated heterocycles. The fraction of sp³-hybridized carbons (Fsp3) is 0.133. The van der Waals surface area contributed by atoms with Crippen molar-refractivity contribution in [2.45, 2.75) is 20.3 Å². The molecule has 3 heterocycles. The Morgan fingerprint density at radius 1 is 1.00 bits per heavy atom. The van der Waals surface area contributed by atoms with Gasteiger partial charge in [-0.1, -0.05) is 23.7 Å². The summed E-state index contributed by atoms with van der Waals surface area (Å²) in [6.07, 6.45) is 3.61. The van der Waals surface area contributed by atoms with Crippen LogP contribution in [0.25, 0.3) is 54.1 Å². The fourth-order valence-electron chi connectivity index (χ4n) is 5.08. The van der Waals surface area contributed by atoms with Gasteiger partial charge in [0, 0.05) is 40.3 Å². The zero-order valence-electron chi connectivity index (χ0n) is 21.0. The highest BCUT2D eigenvalue weighted by molar-refractivity contribution is 7.22. The van der Waals surface area contributed by atoms with Crippen molar-refractivity contribution in [3.05, 3.63) is 88.7 Å². The van der Waals surface area contributed by atoms with Gasteiger partial charge >= 0.3 is 5.97 Å². The number of carbonyl (C=O) groups is 1. The Bertz CT molecular complexity index is 1870. The molecule has 38 heavy (non-hydrogen) atoms. The van der Waals surface area contributed by atoms with Gasteiger partial charge in [0.15, 0.2) is 0 Å². The molecule has 0 atom stereocenters. The monoisotopic (exact) mass is 538 g/mol. The molecule has 3 aromatic carbocycles. The predicted molar refractivity (Wildman–Crippen MR) is 154 cm³/mol. The van der Waals surface area contributed by atoms with E-state index in [1.807, 2.05) is 61.2 Å². The van der Waals surface area contributed by atoms with Crippen molar-refractivity contribution in [1.82, 2.24) is 19.7 Å². The highest BCUT2D eigenvalue weighted by Gasteiger charge is 2.20. The van der Waals surface area contributed by atoms with Gasteiger partial charge in [0.2, 0.25) is 0 Å². The minimum atomic E-state index is -0.868. The molecule has 0 bridgehead atoms. The third-order valence-electron chi connectivity index (χ3n) is 6.80. The third kappa shape index (κ3) is 4.23. The summed E-state index contributed by atoms with van der Waals surface area (Å²) in [7, 11) is 1.95. The van der Waals surface area contributed by atoms with Gasteiger partial charge in [-0.25, -0.2) is 4.98 Å². The van der Waals surface area contributed by atoms with Crippen molar-refractivity contribution in [3.8, 4) is 33.0 Å². The lowest BCUT2D eigenvalue weighted by Crippen LogP contribution is -2.04. The molecule has 3 aromatic heterocycles. The standard InChI is InChI=1S/C30H23ClN4O2S/c1-16-11-25-29(27(23(16)14-26(36)37)18-4-6-22(31)7-5-18)38-30(34-25)19-8-9-32-24(13-19)20-10-17(2)28-21(12-20)15-33-35(28)3/h4-13,15H,14H2,1-3H3,(H,36,37). The topological polar surface area (TPSA) is 80.9 Å². The highest BCUT2D eigenvalue weighted by atomic mass is 35.5. The van der Waals surface area contributed by atoms with Gasteiger partial charge in [-0.2, -0.15) is 5.10 Å². The number of hydrogen-bond acceptors (Lipinski definition) is 5. The van der Waals surface area contributed by atoms with Crippen LogP contribution >= 0.6 is 22.9 Å². The summed E-state index contributed by atoms with van der Waals surface area (Å²) in [6, 6.07) is 17.8. The van der Waals surface area contributed by atoms with Crippen molar-refractivity contribution < 1.29 is 9.90 Å². The molecule has 0 spiro atoms. The molecule has 0 fully saturated rings. The quantitative estimate of drug-likeness (QED) is 0.246. The molecular formula is C30H23ClN4O2S. The van der Waals surface area contributed by atoms with Crippen LogP contribution in [0.3, 0.4) is 0 Å². The number of rotatable bonds is 5. The third-order valence-corrected chi connectivity index (χ3v) is 8.19. The SMILES string of the molecule is Cc1cc2nc(-c3ccnc(-c4cc(C)c5c(cnn5C)c4)c3)sc2c(-c2ccc(Cl)cc2)c1CC(=O)O. The molecular weight excluding hydrogens is 516 g/mol. The normalized spacial score (nSPS) is 11.5. The van der Waals surface area contributed by atoms with E-state index in [9.17, 15) is 9.90 Å². The maximum absolute atomic E-state index is 11.8. The first-order chi connectivity index (χ1) is 18.3. The van der Waals surface area contributed by atoms with Crippen LogP contribution in [-0.2, 0) is 18.3 Å². The number of halogens is 1. The second-order valence-corrected chi connectivity index (χ2v) is 10.9. The lowest BCUT2D eigenvalue weighted by Gasteiger charge is -2.13. The summed E-state index contributed by atoms with van der Waals surface area (Å²) in [4.78, 5) is 21.4. The maximum Gasteiger partial charge on any atom is 0.307 e. The van der Waals surface area contributed by atoms with Crippen LogP contribution in [0.2, 0.25) is 5.02 Å². The number of pyridine rings is 1. The fourth-order valence-corrected chi connectivity index (χ4v) is 6.34. The van der Waals surface area contributed by atoms with Gasteiger partial charge in [0.1, 0.15) is 5.01 Å². The number of carboxylic acids is 1. The van der Waals surface area contributed by atoms with Crippen molar-refractivity contribution in [2.24, 2.45) is 7.05 Å². The molecule has 188 valence electrons. The van der Waals surface area contributed by atoms with E-state index in [0.717, 1.165) is 70.8 Å². The number of hydrogen-bond donors (Lipinski definition) is 1. The predicted octanol–water partition coefficient (Wildman–Crippen LogP) is 7.48. The minimum absolute atomic E-state index is 0.0669. The molecule has 0 amide bonds. The van der Waals surface area contributed by atoms with Gasteiger partial charge in [0.25, 0.3) is 0 Å². The van der Waals surface area contributed by atoms with E-state index in [-0.39, 0.29) is 6.42 Å². The molecule has 6 nitrogen and oxygen atoms in total. The zero-order valence-corrected chi connectivity index (χ0v) is 22.6.